The first-order chi connectivity index (χ1) is 13.4. The zero-order valence-corrected chi connectivity index (χ0v) is 15.5. The predicted molar refractivity (Wildman–Crippen MR) is 103 cm³/mol. The highest BCUT2D eigenvalue weighted by molar-refractivity contribution is 5.79. The van der Waals surface area contributed by atoms with Gasteiger partial charge in [0.15, 0.2) is 5.65 Å². The first kappa shape index (κ1) is 17.8. The van der Waals surface area contributed by atoms with E-state index < -0.39 is 11.2 Å². The lowest BCUT2D eigenvalue weighted by atomic mass is 10.2. The van der Waals surface area contributed by atoms with Crippen LogP contribution in [-0.2, 0) is 24.8 Å². The molecule has 2 N–H and O–H groups in total. The molecule has 0 saturated heterocycles. The number of hydrogen-bond acceptors (Lipinski definition) is 5. The Hall–Kier alpha value is -3.62. The van der Waals surface area contributed by atoms with Crippen molar-refractivity contribution in [1.29, 1.82) is 0 Å². The van der Waals surface area contributed by atoms with E-state index in [1.165, 1.54) is 11.6 Å². The zero-order valence-electron chi connectivity index (χ0n) is 15.5. The van der Waals surface area contributed by atoms with E-state index in [1.807, 2.05) is 30.3 Å². The molecule has 1 amide bonds. The number of nitrogens with one attached hydrogen (secondary N) is 2. The molecule has 28 heavy (non-hydrogen) atoms. The van der Waals surface area contributed by atoms with Crippen LogP contribution in [0.4, 0.5) is 0 Å². The average molecular weight is 381 g/mol. The largest absolute Gasteiger partial charge is 0.459 e. The van der Waals surface area contributed by atoms with Crippen LogP contribution in [0.1, 0.15) is 18.0 Å². The van der Waals surface area contributed by atoms with E-state index in [9.17, 15) is 14.4 Å². The highest BCUT2D eigenvalue weighted by Crippen LogP contribution is 2.20. The van der Waals surface area contributed by atoms with Crippen LogP contribution in [-0.4, -0.2) is 37.4 Å². The number of aromatic amines is 2. The summed E-state index contributed by atoms with van der Waals surface area (Å²) in [6, 6.07) is 9.60. The lowest BCUT2D eigenvalue weighted by Crippen LogP contribution is -2.28. The van der Waals surface area contributed by atoms with Gasteiger partial charge in [0, 0.05) is 32.3 Å². The molecule has 9 nitrogen and oxygen atoms in total. The molecule has 0 aliphatic carbocycles. The van der Waals surface area contributed by atoms with Crippen molar-refractivity contribution in [1.82, 2.24) is 24.4 Å². The second-order valence-corrected chi connectivity index (χ2v) is 6.70. The number of H-pyrrole nitrogens is 2. The SMILES string of the molecule is CN(Cc1cc2ccccc2o1)C(=O)CCc1nc2c([nH]1)c(=O)[nH]c(=O)n2C. The molecule has 0 aliphatic rings. The molecule has 1 aromatic carbocycles. The number of rotatable bonds is 5. The molecule has 4 rings (SSSR count). The van der Waals surface area contributed by atoms with Gasteiger partial charge in [0.1, 0.15) is 22.7 Å². The lowest BCUT2D eigenvalue weighted by Gasteiger charge is -2.15. The van der Waals surface area contributed by atoms with Gasteiger partial charge in [-0.3, -0.25) is 19.1 Å². The van der Waals surface area contributed by atoms with Crippen LogP contribution in [0.15, 0.2) is 44.3 Å². The van der Waals surface area contributed by atoms with Crippen molar-refractivity contribution in [2.45, 2.75) is 19.4 Å². The van der Waals surface area contributed by atoms with E-state index in [0.29, 0.717) is 24.6 Å². The van der Waals surface area contributed by atoms with Crippen LogP contribution in [0.25, 0.3) is 22.1 Å². The molecule has 0 unspecified atom stereocenters. The highest BCUT2D eigenvalue weighted by Gasteiger charge is 2.15. The first-order valence-electron chi connectivity index (χ1n) is 8.81. The molecule has 0 bridgehead atoms. The number of amides is 1. The third-order valence-electron chi connectivity index (χ3n) is 4.67. The van der Waals surface area contributed by atoms with Gasteiger partial charge in [-0.15, -0.1) is 0 Å². The van der Waals surface area contributed by atoms with E-state index >= 15 is 0 Å². The quantitative estimate of drug-likeness (QED) is 0.540. The van der Waals surface area contributed by atoms with Crippen molar-refractivity contribution in [3.05, 3.63) is 62.8 Å². The summed E-state index contributed by atoms with van der Waals surface area (Å²) in [4.78, 5) is 46.9. The van der Waals surface area contributed by atoms with Gasteiger partial charge >= 0.3 is 5.69 Å². The average Bonchev–Trinajstić information content (AvgIpc) is 3.28. The van der Waals surface area contributed by atoms with E-state index in [-0.39, 0.29) is 23.5 Å². The van der Waals surface area contributed by atoms with E-state index in [2.05, 4.69) is 15.0 Å². The molecule has 0 radical (unpaired) electrons. The maximum absolute atomic E-state index is 12.5. The van der Waals surface area contributed by atoms with Crippen LogP contribution < -0.4 is 11.2 Å². The van der Waals surface area contributed by atoms with Crippen molar-refractivity contribution >= 4 is 28.0 Å². The molecule has 144 valence electrons. The molecule has 3 aromatic heterocycles. The van der Waals surface area contributed by atoms with Crippen molar-refractivity contribution in [2.24, 2.45) is 7.05 Å². The number of aromatic nitrogens is 4. The monoisotopic (exact) mass is 381 g/mol. The molecule has 3 heterocycles. The topological polar surface area (TPSA) is 117 Å². The van der Waals surface area contributed by atoms with Gasteiger partial charge in [-0.2, -0.15) is 0 Å². The number of nitrogens with zero attached hydrogens (tertiary/aromatic N) is 3. The second-order valence-electron chi connectivity index (χ2n) is 6.70. The zero-order chi connectivity index (χ0) is 19.8. The number of aryl methyl sites for hydroxylation is 2. The number of carbonyl (C=O) groups excluding carboxylic acids is 1. The summed E-state index contributed by atoms with van der Waals surface area (Å²) >= 11 is 0. The van der Waals surface area contributed by atoms with Gasteiger partial charge < -0.3 is 14.3 Å². The summed E-state index contributed by atoms with van der Waals surface area (Å²) in [5, 5.41) is 0.997. The van der Waals surface area contributed by atoms with E-state index in [1.54, 1.807) is 11.9 Å². The van der Waals surface area contributed by atoms with Crippen molar-refractivity contribution in [3.63, 3.8) is 0 Å². The van der Waals surface area contributed by atoms with Crippen LogP contribution >= 0.6 is 0 Å². The Kier molecular flexibility index (Phi) is 4.34. The minimum Gasteiger partial charge on any atom is -0.459 e. The second kappa shape index (κ2) is 6.84. The Balaban J connectivity index is 1.44. The maximum atomic E-state index is 12.5. The number of hydrogen-bond donors (Lipinski definition) is 2. The third-order valence-corrected chi connectivity index (χ3v) is 4.67. The molecule has 0 fully saturated rings. The summed E-state index contributed by atoms with van der Waals surface area (Å²) in [5.41, 5.74) is 0.228. The normalized spacial score (nSPS) is 11.4. The summed E-state index contributed by atoms with van der Waals surface area (Å²) < 4.78 is 7.00. The lowest BCUT2D eigenvalue weighted by molar-refractivity contribution is -0.130. The summed E-state index contributed by atoms with van der Waals surface area (Å²) in [6.45, 7) is 0.363. The molecular weight excluding hydrogens is 362 g/mol. The molecule has 9 heteroatoms. The van der Waals surface area contributed by atoms with Gasteiger partial charge in [-0.05, 0) is 12.1 Å². The molecule has 0 atom stereocenters. The fourth-order valence-corrected chi connectivity index (χ4v) is 3.12. The molecule has 0 spiro atoms. The number of benzene rings is 1. The Morgan fingerprint density at radius 2 is 2.04 bits per heavy atom. The fourth-order valence-electron chi connectivity index (χ4n) is 3.12. The number of para-hydroxylation sites is 1. The Morgan fingerprint density at radius 1 is 1.25 bits per heavy atom. The van der Waals surface area contributed by atoms with Crippen molar-refractivity contribution < 1.29 is 9.21 Å². The van der Waals surface area contributed by atoms with E-state index in [0.717, 1.165) is 11.0 Å². The van der Waals surface area contributed by atoms with Crippen LogP contribution in [0.3, 0.4) is 0 Å². The van der Waals surface area contributed by atoms with Gasteiger partial charge in [-0.25, -0.2) is 9.78 Å². The summed E-state index contributed by atoms with van der Waals surface area (Å²) in [7, 11) is 3.24. The van der Waals surface area contributed by atoms with Gasteiger partial charge in [0.05, 0.1) is 6.54 Å². The van der Waals surface area contributed by atoms with Crippen LogP contribution in [0, 0.1) is 0 Å². The Bertz CT molecular complexity index is 1260. The van der Waals surface area contributed by atoms with Crippen LogP contribution in [0.2, 0.25) is 0 Å². The maximum Gasteiger partial charge on any atom is 0.329 e. The Labute approximate surface area is 158 Å². The number of imidazole rings is 1. The number of fused-ring (bicyclic) bond motifs is 2. The minimum absolute atomic E-state index is 0.0799. The molecular formula is C19H19N5O4. The summed E-state index contributed by atoms with van der Waals surface area (Å²) in [5.74, 6) is 1.11. The molecule has 4 aromatic rings. The van der Waals surface area contributed by atoms with Gasteiger partial charge in [0.25, 0.3) is 5.56 Å². The predicted octanol–water partition coefficient (Wildman–Crippen LogP) is 1.29. The Morgan fingerprint density at radius 3 is 2.82 bits per heavy atom. The smallest absolute Gasteiger partial charge is 0.329 e. The van der Waals surface area contributed by atoms with Gasteiger partial charge in [0.2, 0.25) is 5.91 Å². The molecule has 0 saturated carbocycles. The first-order valence-corrected chi connectivity index (χ1v) is 8.81. The van der Waals surface area contributed by atoms with E-state index in [4.69, 9.17) is 4.42 Å². The number of furan rings is 1. The molecule has 0 aliphatic heterocycles. The highest BCUT2D eigenvalue weighted by atomic mass is 16.3. The standard InChI is InChI=1S/C19H19N5O4/c1-23(10-12-9-11-5-3-4-6-13(11)28-12)15(25)8-7-14-20-16-17(21-14)24(2)19(27)22-18(16)26/h3-6,9H,7-8,10H2,1-2H3,(H,20,21)(H,22,26,27). The van der Waals surface area contributed by atoms with Gasteiger partial charge in [-0.1, -0.05) is 18.2 Å². The van der Waals surface area contributed by atoms with Crippen molar-refractivity contribution in [2.75, 3.05) is 7.05 Å². The van der Waals surface area contributed by atoms with Crippen LogP contribution in [0.5, 0.6) is 0 Å². The third kappa shape index (κ3) is 3.22. The minimum atomic E-state index is -0.530. The number of carbonyl (C=O) groups is 1. The summed E-state index contributed by atoms with van der Waals surface area (Å²) in [6.07, 6.45) is 0.536. The van der Waals surface area contributed by atoms with Crippen molar-refractivity contribution in [3.8, 4) is 0 Å². The fraction of sp³-hybridized carbons (Fsp3) is 0.263.